The molecular formula is C17H17ClN2OS2. The molecule has 1 amide bonds. The molecule has 1 aromatic heterocycles. The van der Waals surface area contributed by atoms with Gasteiger partial charge in [-0.3, -0.25) is 4.79 Å². The molecule has 0 N–H and O–H groups in total. The van der Waals surface area contributed by atoms with Gasteiger partial charge in [-0.1, -0.05) is 42.4 Å². The molecule has 1 aliphatic rings. The number of amides is 1. The summed E-state index contributed by atoms with van der Waals surface area (Å²) >= 11 is 9.33. The van der Waals surface area contributed by atoms with Crippen molar-refractivity contribution in [3.05, 3.63) is 47.6 Å². The molecule has 1 aromatic carbocycles. The molecule has 0 spiro atoms. The molecule has 0 saturated heterocycles. The predicted molar refractivity (Wildman–Crippen MR) is 98.7 cm³/mol. The molecule has 0 fully saturated rings. The van der Waals surface area contributed by atoms with Gasteiger partial charge in [-0.25, -0.2) is 4.98 Å². The zero-order valence-electron chi connectivity index (χ0n) is 12.7. The number of hydrogen-bond donors (Lipinski definition) is 0. The van der Waals surface area contributed by atoms with E-state index in [1.165, 1.54) is 16.7 Å². The number of rotatable bonds is 3. The number of carbonyl (C=O) groups excluding carboxylic acids is 1. The molecule has 120 valence electrons. The number of para-hydroxylation sites is 1. The summed E-state index contributed by atoms with van der Waals surface area (Å²) in [7, 11) is 0. The molecule has 1 unspecified atom stereocenters. The average molecular weight is 365 g/mol. The Kier molecular flexibility index (Phi) is 5.51. The highest BCUT2D eigenvalue weighted by Crippen LogP contribution is 2.37. The molecule has 3 nitrogen and oxygen atoms in total. The minimum atomic E-state index is 0.0962. The maximum absolute atomic E-state index is 12.7. The van der Waals surface area contributed by atoms with E-state index < -0.39 is 0 Å². The Morgan fingerprint density at radius 1 is 1.39 bits per heavy atom. The molecule has 1 atom stereocenters. The van der Waals surface area contributed by atoms with Crippen LogP contribution in [-0.4, -0.2) is 28.4 Å². The molecule has 3 rings (SSSR count). The molecular weight excluding hydrogens is 348 g/mol. The van der Waals surface area contributed by atoms with Gasteiger partial charge in [0.1, 0.15) is 5.03 Å². The SMILES string of the molecule is CC1CCN(C(=O)CSc2ncccc2Cl)c2ccccc2S1. The summed E-state index contributed by atoms with van der Waals surface area (Å²) in [5, 5.41) is 1.80. The van der Waals surface area contributed by atoms with Crippen LogP contribution >= 0.6 is 35.1 Å². The van der Waals surface area contributed by atoms with Gasteiger partial charge < -0.3 is 4.90 Å². The maximum atomic E-state index is 12.7. The van der Waals surface area contributed by atoms with Crippen LogP contribution in [-0.2, 0) is 4.79 Å². The summed E-state index contributed by atoms with van der Waals surface area (Å²) in [4.78, 5) is 20.0. The smallest absolute Gasteiger partial charge is 0.237 e. The number of benzene rings is 1. The van der Waals surface area contributed by atoms with Crippen LogP contribution in [0.3, 0.4) is 0 Å². The Labute approximate surface area is 149 Å². The van der Waals surface area contributed by atoms with Gasteiger partial charge in [0.05, 0.1) is 16.5 Å². The molecule has 0 saturated carbocycles. The number of carbonyl (C=O) groups is 1. The van der Waals surface area contributed by atoms with E-state index in [9.17, 15) is 4.79 Å². The zero-order valence-corrected chi connectivity index (χ0v) is 15.1. The number of anilines is 1. The zero-order chi connectivity index (χ0) is 16.2. The number of thioether (sulfide) groups is 2. The van der Waals surface area contributed by atoms with Gasteiger partial charge in [0.15, 0.2) is 0 Å². The van der Waals surface area contributed by atoms with E-state index in [4.69, 9.17) is 11.6 Å². The van der Waals surface area contributed by atoms with Crippen molar-refractivity contribution in [2.75, 3.05) is 17.2 Å². The van der Waals surface area contributed by atoms with Crippen LogP contribution in [0.2, 0.25) is 5.02 Å². The second kappa shape index (κ2) is 7.60. The molecule has 23 heavy (non-hydrogen) atoms. The lowest BCUT2D eigenvalue weighted by molar-refractivity contribution is -0.116. The quantitative estimate of drug-likeness (QED) is 0.736. The molecule has 0 bridgehead atoms. The summed E-state index contributed by atoms with van der Waals surface area (Å²) in [6.07, 6.45) is 2.68. The van der Waals surface area contributed by atoms with Gasteiger partial charge in [0, 0.05) is 22.9 Å². The van der Waals surface area contributed by atoms with Crippen LogP contribution in [0, 0.1) is 0 Å². The van der Waals surface area contributed by atoms with Crippen molar-refractivity contribution in [1.82, 2.24) is 4.98 Å². The van der Waals surface area contributed by atoms with Gasteiger partial charge >= 0.3 is 0 Å². The van der Waals surface area contributed by atoms with E-state index in [2.05, 4.69) is 18.0 Å². The van der Waals surface area contributed by atoms with Crippen molar-refractivity contribution in [3.63, 3.8) is 0 Å². The first-order valence-corrected chi connectivity index (χ1v) is 9.69. The molecule has 0 radical (unpaired) electrons. The first-order valence-electron chi connectivity index (χ1n) is 7.44. The first kappa shape index (κ1) is 16.7. The first-order chi connectivity index (χ1) is 11.1. The number of fused-ring (bicyclic) bond motifs is 1. The van der Waals surface area contributed by atoms with Crippen LogP contribution in [0.4, 0.5) is 5.69 Å². The van der Waals surface area contributed by atoms with E-state index in [0.717, 1.165) is 18.7 Å². The van der Waals surface area contributed by atoms with E-state index >= 15 is 0 Å². The van der Waals surface area contributed by atoms with E-state index in [-0.39, 0.29) is 5.91 Å². The van der Waals surface area contributed by atoms with Crippen LogP contribution in [0.25, 0.3) is 0 Å². The van der Waals surface area contributed by atoms with Gasteiger partial charge in [-0.2, -0.15) is 0 Å². The lowest BCUT2D eigenvalue weighted by Crippen LogP contribution is -2.33. The molecule has 6 heteroatoms. The van der Waals surface area contributed by atoms with Crippen molar-refractivity contribution in [2.24, 2.45) is 0 Å². The van der Waals surface area contributed by atoms with E-state index in [1.54, 1.807) is 18.3 Å². The Hall–Kier alpha value is -1.17. The minimum absolute atomic E-state index is 0.0962. The minimum Gasteiger partial charge on any atom is -0.311 e. The fourth-order valence-corrected chi connectivity index (χ4v) is 4.59. The van der Waals surface area contributed by atoms with Crippen molar-refractivity contribution in [3.8, 4) is 0 Å². The largest absolute Gasteiger partial charge is 0.311 e. The van der Waals surface area contributed by atoms with E-state index in [0.29, 0.717) is 21.1 Å². The molecule has 2 heterocycles. The normalized spacial score (nSPS) is 17.5. The molecule has 1 aliphatic heterocycles. The van der Waals surface area contributed by atoms with Crippen LogP contribution < -0.4 is 4.90 Å². The number of aromatic nitrogens is 1. The lowest BCUT2D eigenvalue weighted by Gasteiger charge is -2.22. The molecule has 0 aliphatic carbocycles. The van der Waals surface area contributed by atoms with Crippen LogP contribution in [0.5, 0.6) is 0 Å². The topological polar surface area (TPSA) is 33.2 Å². The Balaban J connectivity index is 1.75. The van der Waals surface area contributed by atoms with Gasteiger partial charge in [0.2, 0.25) is 5.91 Å². The van der Waals surface area contributed by atoms with Crippen molar-refractivity contribution in [1.29, 1.82) is 0 Å². The standard InChI is InChI=1S/C17H17ClN2OS2/c1-12-8-10-20(14-6-2-3-7-15(14)23-12)16(21)11-22-17-13(18)5-4-9-19-17/h2-7,9,12H,8,10-11H2,1H3. The summed E-state index contributed by atoms with van der Waals surface area (Å²) in [6.45, 7) is 2.96. The lowest BCUT2D eigenvalue weighted by atomic mass is 10.2. The number of nitrogens with zero attached hydrogens (tertiary/aromatic N) is 2. The number of hydrogen-bond acceptors (Lipinski definition) is 4. The second-order valence-electron chi connectivity index (χ2n) is 5.31. The fourth-order valence-electron chi connectivity index (χ4n) is 2.43. The number of pyridine rings is 1. The summed E-state index contributed by atoms with van der Waals surface area (Å²) < 4.78 is 0. The van der Waals surface area contributed by atoms with Crippen LogP contribution in [0.15, 0.2) is 52.5 Å². The molecule has 2 aromatic rings. The van der Waals surface area contributed by atoms with Crippen LogP contribution in [0.1, 0.15) is 13.3 Å². The Bertz CT molecular complexity index is 710. The van der Waals surface area contributed by atoms with Crippen molar-refractivity contribution < 1.29 is 4.79 Å². The highest BCUT2D eigenvalue weighted by molar-refractivity contribution is 8.00. The highest BCUT2D eigenvalue weighted by atomic mass is 35.5. The predicted octanol–water partition coefficient (Wildman–Crippen LogP) is 4.74. The average Bonchev–Trinajstić information content (AvgIpc) is 2.72. The Morgan fingerprint density at radius 3 is 3.04 bits per heavy atom. The Morgan fingerprint density at radius 2 is 2.22 bits per heavy atom. The third kappa shape index (κ3) is 4.03. The monoisotopic (exact) mass is 364 g/mol. The summed E-state index contributed by atoms with van der Waals surface area (Å²) in [5.74, 6) is 0.434. The number of halogens is 1. The second-order valence-corrected chi connectivity index (χ2v) is 8.16. The van der Waals surface area contributed by atoms with Crippen molar-refractivity contribution in [2.45, 2.75) is 28.5 Å². The fraction of sp³-hybridized carbons (Fsp3) is 0.294. The van der Waals surface area contributed by atoms with Gasteiger partial charge in [0.25, 0.3) is 0 Å². The summed E-state index contributed by atoms with van der Waals surface area (Å²) in [6, 6.07) is 11.7. The summed E-state index contributed by atoms with van der Waals surface area (Å²) in [5.41, 5.74) is 1.01. The maximum Gasteiger partial charge on any atom is 0.237 e. The van der Waals surface area contributed by atoms with E-state index in [1.807, 2.05) is 34.9 Å². The third-order valence-electron chi connectivity index (χ3n) is 3.60. The van der Waals surface area contributed by atoms with Gasteiger partial charge in [-0.15, -0.1) is 11.8 Å². The van der Waals surface area contributed by atoms with Crippen molar-refractivity contribution >= 4 is 46.7 Å². The third-order valence-corrected chi connectivity index (χ3v) is 6.25. The highest BCUT2D eigenvalue weighted by Gasteiger charge is 2.24. The van der Waals surface area contributed by atoms with Gasteiger partial charge in [-0.05, 0) is 30.7 Å².